The summed E-state index contributed by atoms with van der Waals surface area (Å²) in [4.78, 5) is 44.0. The molecule has 0 aromatic heterocycles. The average molecular weight is 529 g/mol. The number of hydrogen-bond acceptors (Lipinski definition) is 4. The Bertz CT molecular complexity index is 1310. The van der Waals surface area contributed by atoms with Crippen LogP contribution in [0.15, 0.2) is 65.9 Å². The number of amides is 2. The maximum atomic E-state index is 13.7. The van der Waals surface area contributed by atoms with Crippen molar-refractivity contribution < 1.29 is 19.1 Å². The number of benzene rings is 2. The third-order valence-corrected chi connectivity index (χ3v) is 8.71. The summed E-state index contributed by atoms with van der Waals surface area (Å²) in [6.07, 6.45) is 3.42. The van der Waals surface area contributed by atoms with Crippen LogP contribution in [0.1, 0.15) is 87.7 Å². The zero-order chi connectivity index (χ0) is 27.9. The molecule has 6 nitrogen and oxygen atoms in total. The molecule has 2 bridgehead atoms. The van der Waals surface area contributed by atoms with E-state index in [4.69, 9.17) is 4.74 Å². The number of likely N-dealkylation sites (tertiary alicyclic amines) is 1. The van der Waals surface area contributed by atoms with E-state index in [1.165, 1.54) is 0 Å². The summed E-state index contributed by atoms with van der Waals surface area (Å²) in [6.45, 7) is 11.9. The quantitative estimate of drug-likeness (QED) is 0.426. The Morgan fingerprint density at radius 3 is 2.49 bits per heavy atom. The van der Waals surface area contributed by atoms with Crippen molar-refractivity contribution in [3.8, 4) is 0 Å². The van der Waals surface area contributed by atoms with Gasteiger partial charge in [-0.25, -0.2) is 4.79 Å². The van der Waals surface area contributed by atoms with E-state index in [0.717, 1.165) is 36.9 Å². The number of allylic oxidation sites excluding steroid dienone is 1. The fourth-order valence-electron chi connectivity index (χ4n) is 7.50. The molecule has 3 unspecified atom stereocenters. The second-order valence-electron chi connectivity index (χ2n) is 12.7. The van der Waals surface area contributed by atoms with Gasteiger partial charge in [-0.05, 0) is 67.2 Å². The van der Waals surface area contributed by atoms with Gasteiger partial charge in [0.2, 0.25) is 5.91 Å². The van der Waals surface area contributed by atoms with Crippen LogP contribution >= 0.6 is 0 Å². The van der Waals surface area contributed by atoms with Crippen LogP contribution in [0, 0.1) is 10.8 Å². The summed E-state index contributed by atoms with van der Waals surface area (Å²) in [7, 11) is 0. The van der Waals surface area contributed by atoms with E-state index in [1.807, 2.05) is 61.5 Å². The molecule has 2 aromatic rings. The fourth-order valence-corrected chi connectivity index (χ4v) is 7.50. The predicted octanol–water partition coefficient (Wildman–Crippen LogP) is 6.08. The number of rotatable bonds is 6. The molecule has 2 heterocycles. The highest BCUT2D eigenvalue weighted by Crippen LogP contribution is 2.52. The summed E-state index contributed by atoms with van der Waals surface area (Å²) in [5.41, 5.74) is 3.98. The van der Waals surface area contributed by atoms with Crippen LogP contribution < -0.4 is 0 Å². The molecule has 0 N–H and O–H groups in total. The van der Waals surface area contributed by atoms with E-state index in [-0.39, 0.29) is 53.6 Å². The monoisotopic (exact) mass is 528 g/mol. The largest absolute Gasteiger partial charge is 0.463 e. The second kappa shape index (κ2) is 10.3. The van der Waals surface area contributed by atoms with Gasteiger partial charge >= 0.3 is 5.97 Å². The molecule has 1 saturated carbocycles. The first-order chi connectivity index (χ1) is 18.5. The number of esters is 1. The Hall–Kier alpha value is -3.41. The van der Waals surface area contributed by atoms with Crippen molar-refractivity contribution in [3.63, 3.8) is 0 Å². The van der Waals surface area contributed by atoms with Crippen molar-refractivity contribution >= 4 is 17.8 Å². The highest BCUT2D eigenvalue weighted by Gasteiger charge is 2.51. The lowest BCUT2D eigenvalue weighted by molar-refractivity contribution is -0.140. The molecule has 2 amide bonds. The Kier molecular flexibility index (Phi) is 7.17. The van der Waals surface area contributed by atoms with Crippen LogP contribution in [-0.4, -0.2) is 46.8 Å². The van der Waals surface area contributed by atoms with Gasteiger partial charge in [0.25, 0.3) is 5.91 Å². The molecule has 206 valence electrons. The topological polar surface area (TPSA) is 66.9 Å². The first-order valence-electron chi connectivity index (χ1n) is 14.1. The molecule has 0 spiro atoms. The standard InChI is InChI=1S/C33H40N2O4/c1-6-39-31(38)29-22(2)34(28(36)16-27(29)24-12-8-7-9-13-24)19-23-11-10-14-25(15-23)30(37)35-21-33(5)18-26(35)17-32(3,4)20-33/h7-15,26-27H,6,16-21H2,1-5H3. The number of fused-ring (bicyclic) bond motifs is 2. The smallest absolute Gasteiger partial charge is 0.336 e. The van der Waals surface area contributed by atoms with Gasteiger partial charge in [-0.15, -0.1) is 0 Å². The van der Waals surface area contributed by atoms with Gasteiger partial charge < -0.3 is 14.5 Å². The first-order valence-corrected chi connectivity index (χ1v) is 14.1. The molecule has 0 radical (unpaired) electrons. The molecule has 5 rings (SSSR count). The highest BCUT2D eigenvalue weighted by molar-refractivity contribution is 5.96. The maximum absolute atomic E-state index is 13.7. The van der Waals surface area contributed by atoms with Crippen LogP contribution in [0.5, 0.6) is 0 Å². The van der Waals surface area contributed by atoms with E-state index in [1.54, 1.807) is 11.8 Å². The predicted molar refractivity (Wildman–Crippen MR) is 151 cm³/mol. The lowest BCUT2D eigenvalue weighted by Crippen LogP contribution is -2.38. The van der Waals surface area contributed by atoms with Gasteiger partial charge in [-0.2, -0.15) is 0 Å². The van der Waals surface area contributed by atoms with Gasteiger partial charge in [0.1, 0.15) is 0 Å². The SMILES string of the molecule is CCOC(=O)C1=C(C)N(Cc2cccc(C(=O)N3CC4(C)CC3CC(C)(C)C4)c2)C(=O)CC1c1ccccc1. The average Bonchev–Trinajstić information content (AvgIpc) is 3.14. The number of hydrogen-bond donors (Lipinski definition) is 0. The zero-order valence-electron chi connectivity index (χ0n) is 23.8. The number of carbonyl (C=O) groups is 3. The third kappa shape index (κ3) is 5.39. The van der Waals surface area contributed by atoms with Crippen LogP contribution in [0.2, 0.25) is 0 Å². The zero-order valence-corrected chi connectivity index (χ0v) is 23.8. The van der Waals surface area contributed by atoms with Gasteiger partial charge in [-0.3, -0.25) is 9.59 Å². The molecule has 3 aliphatic rings. The molecule has 1 aliphatic carbocycles. The first kappa shape index (κ1) is 27.2. The summed E-state index contributed by atoms with van der Waals surface area (Å²) in [6, 6.07) is 17.5. The lowest BCUT2D eigenvalue weighted by atomic mass is 9.65. The van der Waals surface area contributed by atoms with E-state index < -0.39 is 0 Å². The fraction of sp³-hybridized carbons (Fsp3) is 0.485. The van der Waals surface area contributed by atoms with Crippen LogP contribution in [-0.2, 0) is 20.9 Å². The molecule has 6 heteroatoms. The normalized spacial score (nSPS) is 26.1. The van der Waals surface area contributed by atoms with Crippen LogP contribution in [0.25, 0.3) is 0 Å². The highest BCUT2D eigenvalue weighted by atomic mass is 16.5. The second-order valence-corrected chi connectivity index (χ2v) is 12.7. The maximum Gasteiger partial charge on any atom is 0.336 e. The van der Waals surface area contributed by atoms with Gasteiger partial charge in [0.05, 0.1) is 18.7 Å². The molecule has 2 aliphatic heterocycles. The number of carbonyl (C=O) groups excluding carboxylic acids is 3. The van der Waals surface area contributed by atoms with Gasteiger partial charge in [-0.1, -0.05) is 63.2 Å². The number of ether oxygens (including phenoxy) is 1. The molecule has 1 saturated heterocycles. The molecular formula is C33H40N2O4. The van der Waals surface area contributed by atoms with Gasteiger partial charge in [0, 0.05) is 36.2 Å². The summed E-state index contributed by atoms with van der Waals surface area (Å²) < 4.78 is 5.42. The Labute approximate surface area is 232 Å². The molecule has 2 fully saturated rings. The van der Waals surface area contributed by atoms with Crippen molar-refractivity contribution in [3.05, 3.63) is 82.6 Å². The van der Waals surface area contributed by atoms with E-state index in [2.05, 4.69) is 25.7 Å². The summed E-state index contributed by atoms with van der Waals surface area (Å²) in [5.74, 6) is -0.713. The number of nitrogens with zero attached hydrogens (tertiary/aromatic N) is 2. The molecular weight excluding hydrogens is 488 g/mol. The Morgan fingerprint density at radius 1 is 1.03 bits per heavy atom. The van der Waals surface area contributed by atoms with Crippen molar-refractivity contribution in [2.75, 3.05) is 13.2 Å². The third-order valence-electron chi connectivity index (χ3n) is 8.71. The Morgan fingerprint density at radius 2 is 1.77 bits per heavy atom. The van der Waals surface area contributed by atoms with Crippen molar-refractivity contribution in [1.29, 1.82) is 0 Å². The van der Waals surface area contributed by atoms with Crippen LogP contribution in [0.4, 0.5) is 0 Å². The van der Waals surface area contributed by atoms with E-state index in [0.29, 0.717) is 23.4 Å². The Balaban J connectivity index is 1.41. The molecule has 2 aromatic carbocycles. The van der Waals surface area contributed by atoms with E-state index >= 15 is 0 Å². The van der Waals surface area contributed by atoms with Crippen molar-refractivity contribution in [2.24, 2.45) is 10.8 Å². The van der Waals surface area contributed by atoms with Crippen molar-refractivity contribution in [1.82, 2.24) is 9.80 Å². The minimum atomic E-state index is -0.387. The van der Waals surface area contributed by atoms with Crippen LogP contribution in [0.3, 0.4) is 0 Å². The minimum Gasteiger partial charge on any atom is -0.463 e. The van der Waals surface area contributed by atoms with Crippen molar-refractivity contribution in [2.45, 2.75) is 78.8 Å². The molecule has 3 atom stereocenters. The van der Waals surface area contributed by atoms with E-state index in [9.17, 15) is 14.4 Å². The summed E-state index contributed by atoms with van der Waals surface area (Å²) in [5, 5.41) is 0. The summed E-state index contributed by atoms with van der Waals surface area (Å²) >= 11 is 0. The van der Waals surface area contributed by atoms with Gasteiger partial charge in [0.15, 0.2) is 0 Å². The minimum absolute atomic E-state index is 0.0466. The molecule has 39 heavy (non-hydrogen) atoms. The lowest BCUT2D eigenvalue weighted by Gasteiger charge is -2.39.